The molecule has 1 amide bonds. The molecule has 1 fully saturated rings. The van der Waals surface area contributed by atoms with Crippen LogP contribution >= 0.6 is 0 Å². The zero-order valence-corrected chi connectivity index (χ0v) is 18.7. The van der Waals surface area contributed by atoms with E-state index in [0.29, 0.717) is 38.3 Å². The summed E-state index contributed by atoms with van der Waals surface area (Å²) in [6, 6.07) is 5.77. The number of carbonyl (C=O) groups excluding carboxylic acids is 1. The second-order valence-corrected chi connectivity index (χ2v) is 8.42. The first kappa shape index (κ1) is 22.2. The SMILES string of the molecule is CN1NN=C(c2cc(C3=CCN(C(=O)[C@@H]4CCOC4)CC3)cnc2N)N1c1cccc(F)c1F. The average Bonchev–Trinajstić information content (AvgIpc) is 3.51. The van der Waals surface area contributed by atoms with Crippen LogP contribution in [0.25, 0.3) is 5.57 Å². The lowest BCUT2D eigenvalue weighted by Gasteiger charge is -2.29. The van der Waals surface area contributed by atoms with Gasteiger partial charge >= 0.3 is 0 Å². The Labute approximate surface area is 195 Å². The minimum absolute atomic E-state index is 0.0158. The Bertz CT molecular complexity index is 1180. The molecule has 3 aliphatic rings. The topological polar surface area (TPSA) is 99.3 Å². The van der Waals surface area contributed by atoms with Gasteiger partial charge in [-0.25, -0.2) is 24.3 Å². The summed E-state index contributed by atoms with van der Waals surface area (Å²) in [6.45, 7) is 2.24. The number of benzene rings is 1. The number of nitrogens with one attached hydrogen (secondary N) is 1. The lowest BCUT2D eigenvalue weighted by atomic mass is 9.98. The van der Waals surface area contributed by atoms with Crippen LogP contribution in [0.5, 0.6) is 0 Å². The molecule has 178 valence electrons. The van der Waals surface area contributed by atoms with Crippen molar-refractivity contribution in [2.24, 2.45) is 11.0 Å². The van der Waals surface area contributed by atoms with Gasteiger partial charge in [-0.3, -0.25) is 4.79 Å². The van der Waals surface area contributed by atoms with Gasteiger partial charge in [0.05, 0.1) is 18.1 Å². The maximum absolute atomic E-state index is 14.6. The molecule has 34 heavy (non-hydrogen) atoms. The lowest BCUT2D eigenvalue weighted by molar-refractivity contribution is -0.135. The van der Waals surface area contributed by atoms with E-state index in [1.54, 1.807) is 13.2 Å². The number of amidine groups is 1. The molecule has 3 N–H and O–H groups in total. The number of nitrogens with zero attached hydrogens (tertiary/aromatic N) is 5. The van der Waals surface area contributed by atoms with Crippen LogP contribution in [-0.2, 0) is 9.53 Å². The summed E-state index contributed by atoms with van der Waals surface area (Å²) >= 11 is 0. The van der Waals surface area contributed by atoms with Crippen LogP contribution in [0.1, 0.15) is 24.0 Å². The van der Waals surface area contributed by atoms with Gasteiger partial charge in [0.25, 0.3) is 0 Å². The number of pyridine rings is 1. The number of nitrogens with two attached hydrogens (primary N) is 1. The number of halogens is 2. The van der Waals surface area contributed by atoms with Gasteiger partial charge in [-0.2, -0.15) is 0 Å². The fourth-order valence-electron chi connectivity index (χ4n) is 4.41. The third-order valence-electron chi connectivity index (χ3n) is 6.29. The highest BCUT2D eigenvalue weighted by molar-refractivity contribution is 6.12. The number of rotatable bonds is 4. The quantitative estimate of drug-likeness (QED) is 0.708. The average molecular weight is 469 g/mol. The van der Waals surface area contributed by atoms with Crippen LogP contribution in [0.15, 0.2) is 41.6 Å². The predicted octanol–water partition coefficient (Wildman–Crippen LogP) is 2.13. The van der Waals surface area contributed by atoms with Crippen molar-refractivity contribution in [2.75, 3.05) is 44.1 Å². The number of nitrogen functional groups attached to an aromatic ring is 1. The van der Waals surface area contributed by atoms with Crippen LogP contribution in [0.3, 0.4) is 0 Å². The lowest BCUT2D eigenvalue weighted by Crippen LogP contribution is -2.44. The number of anilines is 2. The number of carbonyl (C=O) groups is 1. The zero-order valence-electron chi connectivity index (χ0n) is 18.7. The minimum Gasteiger partial charge on any atom is -0.383 e. The number of amides is 1. The summed E-state index contributed by atoms with van der Waals surface area (Å²) < 4.78 is 33.8. The monoisotopic (exact) mass is 469 g/mol. The Morgan fingerprint density at radius 1 is 1.32 bits per heavy atom. The van der Waals surface area contributed by atoms with Gasteiger partial charge in [0.1, 0.15) is 11.5 Å². The van der Waals surface area contributed by atoms with Gasteiger partial charge in [-0.1, -0.05) is 12.1 Å². The number of hydrazone groups is 1. The van der Waals surface area contributed by atoms with E-state index >= 15 is 0 Å². The molecule has 0 saturated carbocycles. The van der Waals surface area contributed by atoms with E-state index < -0.39 is 11.6 Å². The summed E-state index contributed by atoms with van der Waals surface area (Å²) in [5.74, 6) is -1.40. The first-order chi connectivity index (χ1) is 16.4. The molecule has 1 saturated heterocycles. The van der Waals surface area contributed by atoms with Crippen LogP contribution in [0.2, 0.25) is 0 Å². The number of hydrogen-bond donors (Lipinski definition) is 2. The molecule has 2 aromatic rings. The Morgan fingerprint density at radius 2 is 2.18 bits per heavy atom. The Kier molecular flexibility index (Phi) is 5.88. The zero-order chi connectivity index (χ0) is 23.8. The van der Waals surface area contributed by atoms with Crippen molar-refractivity contribution in [3.05, 3.63) is 59.3 Å². The molecule has 9 nitrogen and oxygen atoms in total. The highest BCUT2D eigenvalue weighted by atomic mass is 19.2. The summed E-state index contributed by atoms with van der Waals surface area (Å²) in [5.41, 5.74) is 11.2. The maximum atomic E-state index is 14.6. The maximum Gasteiger partial charge on any atom is 0.228 e. The highest BCUT2D eigenvalue weighted by Gasteiger charge is 2.32. The highest BCUT2D eigenvalue weighted by Crippen LogP contribution is 2.30. The normalized spacial score (nSPS) is 20.9. The van der Waals surface area contributed by atoms with Crippen molar-refractivity contribution in [3.63, 3.8) is 0 Å². The fraction of sp³-hybridized carbons (Fsp3) is 0.348. The molecule has 11 heteroatoms. The van der Waals surface area contributed by atoms with Crippen molar-refractivity contribution >= 4 is 28.8 Å². The van der Waals surface area contributed by atoms with E-state index in [0.717, 1.165) is 23.6 Å². The largest absolute Gasteiger partial charge is 0.383 e. The van der Waals surface area contributed by atoms with Gasteiger partial charge in [0.2, 0.25) is 5.91 Å². The molecule has 5 rings (SSSR count). The van der Waals surface area contributed by atoms with Crippen LogP contribution in [0, 0.1) is 17.6 Å². The van der Waals surface area contributed by atoms with E-state index in [-0.39, 0.29) is 29.2 Å². The third kappa shape index (κ3) is 3.97. The van der Waals surface area contributed by atoms with Crippen molar-refractivity contribution in [1.82, 2.24) is 20.5 Å². The Balaban J connectivity index is 1.41. The smallest absolute Gasteiger partial charge is 0.228 e. The minimum atomic E-state index is -0.999. The van der Waals surface area contributed by atoms with Gasteiger partial charge < -0.3 is 15.4 Å². The fourth-order valence-corrected chi connectivity index (χ4v) is 4.41. The van der Waals surface area contributed by atoms with Crippen molar-refractivity contribution < 1.29 is 18.3 Å². The van der Waals surface area contributed by atoms with Crippen LogP contribution < -0.4 is 16.3 Å². The van der Waals surface area contributed by atoms with Crippen molar-refractivity contribution in [3.8, 4) is 0 Å². The molecule has 0 aliphatic carbocycles. The molecule has 4 heterocycles. The summed E-state index contributed by atoms with van der Waals surface area (Å²) in [5, 5.41) is 7.09. The third-order valence-corrected chi connectivity index (χ3v) is 6.29. The predicted molar refractivity (Wildman–Crippen MR) is 123 cm³/mol. The number of hydrogen-bond acceptors (Lipinski definition) is 8. The summed E-state index contributed by atoms with van der Waals surface area (Å²) in [7, 11) is 1.62. The van der Waals surface area contributed by atoms with E-state index in [9.17, 15) is 13.6 Å². The molecule has 1 atom stereocenters. The second-order valence-electron chi connectivity index (χ2n) is 8.42. The molecule has 0 bridgehead atoms. The Hall–Kier alpha value is -3.57. The van der Waals surface area contributed by atoms with E-state index in [1.165, 1.54) is 22.3 Å². The number of ether oxygens (including phenoxy) is 1. The van der Waals surface area contributed by atoms with Gasteiger partial charge in [-0.15, -0.1) is 10.2 Å². The molecule has 0 spiro atoms. The first-order valence-corrected chi connectivity index (χ1v) is 11.1. The van der Waals surface area contributed by atoms with Crippen molar-refractivity contribution in [1.29, 1.82) is 0 Å². The van der Waals surface area contributed by atoms with Crippen LogP contribution in [-0.4, -0.2) is 60.1 Å². The molecule has 0 unspecified atom stereocenters. The molecule has 3 aliphatic heterocycles. The molecule has 1 aromatic heterocycles. The standard InChI is InChI=1S/C23H25F2N7O2/c1-30-29-28-22(32(30)19-4-2-3-18(24)20(19)25)17-11-16(12-27-21(17)26)14-5-8-31(9-6-14)23(33)15-7-10-34-13-15/h2-5,11-12,15,29H,6-10,13H2,1H3,(H2,26,27)/t15-/m1/s1. The van der Waals surface area contributed by atoms with Gasteiger partial charge in [0, 0.05) is 32.9 Å². The summed E-state index contributed by atoms with van der Waals surface area (Å²) in [6.07, 6.45) is 5.12. The van der Waals surface area contributed by atoms with E-state index in [1.807, 2.05) is 17.0 Å². The first-order valence-electron chi connectivity index (χ1n) is 11.1. The number of hydrazine groups is 2. The molecule has 1 aromatic carbocycles. The molecule has 0 radical (unpaired) electrons. The summed E-state index contributed by atoms with van der Waals surface area (Å²) in [4.78, 5) is 18.8. The second kappa shape index (κ2) is 8.99. The van der Waals surface area contributed by atoms with Gasteiger partial charge in [-0.05, 0) is 42.2 Å². The van der Waals surface area contributed by atoms with E-state index in [2.05, 4.69) is 15.6 Å². The van der Waals surface area contributed by atoms with Crippen LogP contribution in [0.4, 0.5) is 20.3 Å². The van der Waals surface area contributed by atoms with E-state index in [4.69, 9.17) is 10.5 Å². The van der Waals surface area contributed by atoms with Gasteiger partial charge in [0.15, 0.2) is 17.5 Å². The Morgan fingerprint density at radius 3 is 2.91 bits per heavy atom. The molecular weight excluding hydrogens is 444 g/mol. The molecular formula is C23H25F2N7O2. The van der Waals surface area contributed by atoms with Crippen molar-refractivity contribution in [2.45, 2.75) is 12.8 Å². The number of aromatic nitrogens is 1.